The van der Waals surface area contributed by atoms with E-state index in [2.05, 4.69) is 4.98 Å². The lowest BCUT2D eigenvalue weighted by atomic mass is 10.2. The maximum atomic E-state index is 10.4. The lowest BCUT2D eigenvalue weighted by Crippen LogP contribution is -1.98. The minimum Gasteiger partial charge on any atom is -0.478 e. The number of rotatable bonds is 1. The summed E-state index contributed by atoms with van der Waals surface area (Å²) in [6, 6.07) is 1.48. The number of carboxylic acid groups (broad SMARTS) is 1. The Hall–Kier alpha value is -1.09. The summed E-state index contributed by atoms with van der Waals surface area (Å²) in [4.78, 5) is 14.2. The van der Waals surface area contributed by atoms with Gasteiger partial charge in [-0.3, -0.25) is 4.98 Å². The lowest BCUT2D eigenvalue weighted by Gasteiger charge is -1.95. The van der Waals surface area contributed by atoms with E-state index in [4.69, 9.17) is 5.11 Å². The molecule has 0 saturated carbocycles. The fraction of sp³-hybridized carbons (Fsp3) is 0.143. The van der Waals surface area contributed by atoms with Crippen molar-refractivity contribution >= 4 is 18.4 Å². The summed E-state index contributed by atoms with van der Waals surface area (Å²) in [6.45, 7) is 1.72. The van der Waals surface area contributed by atoms with Crippen LogP contribution in [-0.2, 0) is 0 Å². The van der Waals surface area contributed by atoms with Gasteiger partial charge < -0.3 is 5.11 Å². The Kier molecular flexibility index (Phi) is 3.54. The van der Waals surface area contributed by atoms with E-state index in [1.807, 2.05) is 0 Å². The fourth-order valence-electron chi connectivity index (χ4n) is 0.713. The zero-order chi connectivity index (χ0) is 7.56. The Balaban J connectivity index is 0.000001000. The van der Waals surface area contributed by atoms with Gasteiger partial charge in [-0.15, -0.1) is 12.4 Å². The molecule has 0 bridgehead atoms. The highest BCUT2D eigenvalue weighted by Gasteiger charge is 2.03. The normalized spacial score (nSPS) is 8.45. The molecule has 0 aliphatic carbocycles. The van der Waals surface area contributed by atoms with E-state index in [9.17, 15) is 4.79 Å². The van der Waals surface area contributed by atoms with Gasteiger partial charge in [-0.05, 0) is 18.6 Å². The van der Waals surface area contributed by atoms with Crippen LogP contribution in [0.2, 0.25) is 0 Å². The number of nitrogens with zero attached hydrogens (tertiary/aromatic N) is 1. The van der Waals surface area contributed by atoms with Crippen LogP contribution in [-0.4, -0.2) is 16.1 Å². The van der Waals surface area contributed by atoms with Gasteiger partial charge in [0.05, 0.1) is 5.56 Å². The molecule has 3 nitrogen and oxygen atoms in total. The van der Waals surface area contributed by atoms with Crippen LogP contribution in [0.1, 0.15) is 15.9 Å². The van der Waals surface area contributed by atoms with Crippen molar-refractivity contribution in [3.05, 3.63) is 29.6 Å². The number of hydrogen-bond acceptors (Lipinski definition) is 2. The van der Waals surface area contributed by atoms with E-state index in [0.717, 1.165) is 0 Å². The Labute approximate surface area is 70.5 Å². The smallest absolute Gasteiger partial charge is 0.336 e. The van der Waals surface area contributed by atoms with Crippen LogP contribution < -0.4 is 0 Å². The summed E-state index contributed by atoms with van der Waals surface area (Å²) in [5.74, 6) is -0.903. The third-order valence-corrected chi connectivity index (χ3v) is 1.25. The minimum atomic E-state index is -0.903. The summed E-state index contributed by atoms with van der Waals surface area (Å²) in [6.07, 6.45) is 3.00. The molecule has 1 N–H and O–H groups in total. The van der Waals surface area contributed by atoms with Crippen molar-refractivity contribution in [2.75, 3.05) is 0 Å². The monoisotopic (exact) mass is 173 g/mol. The number of halogens is 1. The van der Waals surface area contributed by atoms with Crippen LogP contribution in [0.25, 0.3) is 0 Å². The van der Waals surface area contributed by atoms with E-state index in [1.54, 1.807) is 6.92 Å². The van der Waals surface area contributed by atoms with Gasteiger partial charge in [0.25, 0.3) is 0 Å². The summed E-state index contributed by atoms with van der Waals surface area (Å²) in [5.41, 5.74) is 1.00. The van der Waals surface area contributed by atoms with E-state index >= 15 is 0 Å². The molecule has 0 aromatic carbocycles. The van der Waals surface area contributed by atoms with Gasteiger partial charge in [-0.25, -0.2) is 4.79 Å². The number of aryl methyl sites for hydroxylation is 1. The number of carboxylic acids is 1. The molecule has 60 valence electrons. The Morgan fingerprint density at radius 2 is 2.27 bits per heavy atom. The van der Waals surface area contributed by atoms with Gasteiger partial charge in [0, 0.05) is 12.4 Å². The predicted octanol–water partition coefficient (Wildman–Crippen LogP) is 1.51. The van der Waals surface area contributed by atoms with Crippen LogP contribution in [0, 0.1) is 6.92 Å². The number of aromatic carboxylic acids is 1. The zero-order valence-electron chi connectivity index (χ0n) is 5.94. The molecule has 0 saturated heterocycles. The Bertz CT molecular complexity index is 262. The highest BCUT2D eigenvalue weighted by molar-refractivity contribution is 5.88. The number of aromatic nitrogens is 1. The van der Waals surface area contributed by atoms with E-state index in [0.29, 0.717) is 11.1 Å². The van der Waals surface area contributed by atoms with Crippen molar-refractivity contribution in [2.45, 2.75) is 6.92 Å². The maximum absolute atomic E-state index is 10.4. The van der Waals surface area contributed by atoms with Crippen molar-refractivity contribution in [3.63, 3.8) is 0 Å². The minimum absolute atomic E-state index is 0. The van der Waals surface area contributed by atoms with Gasteiger partial charge in [0.1, 0.15) is 0 Å². The van der Waals surface area contributed by atoms with Gasteiger partial charge in [-0.2, -0.15) is 0 Å². The molecule has 1 heterocycles. The zero-order valence-corrected chi connectivity index (χ0v) is 6.76. The fourth-order valence-corrected chi connectivity index (χ4v) is 0.713. The molecule has 0 aliphatic rings. The summed E-state index contributed by atoms with van der Waals surface area (Å²) < 4.78 is 0. The number of carbonyl (C=O) groups is 1. The molecule has 0 radical (unpaired) electrons. The molecular formula is C7H8ClNO2. The first-order chi connectivity index (χ1) is 4.72. The molecule has 11 heavy (non-hydrogen) atoms. The van der Waals surface area contributed by atoms with Crippen molar-refractivity contribution in [2.24, 2.45) is 0 Å². The average Bonchev–Trinajstić information content (AvgIpc) is 1.88. The standard InChI is InChI=1S/C7H7NO2.ClH/c1-5-4-8-3-2-6(5)7(9)10;/h2-4H,1H3,(H,9,10);1H. The molecular weight excluding hydrogens is 166 g/mol. The molecule has 0 unspecified atom stereocenters. The van der Waals surface area contributed by atoms with Crippen LogP contribution in [0.3, 0.4) is 0 Å². The molecule has 0 atom stereocenters. The van der Waals surface area contributed by atoms with Gasteiger partial charge in [-0.1, -0.05) is 0 Å². The highest BCUT2D eigenvalue weighted by atomic mass is 35.5. The molecule has 1 rings (SSSR count). The van der Waals surface area contributed by atoms with E-state index in [-0.39, 0.29) is 12.4 Å². The van der Waals surface area contributed by atoms with Crippen molar-refractivity contribution in [1.29, 1.82) is 0 Å². The first-order valence-corrected chi connectivity index (χ1v) is 2.85. The lowest BCUT2D eigenvalue weighted by molar-refractivity contribution is 0.0696. The van der Waals surface area contributed by atoms with Crippen molar-refractivity contribution in [1.82, 2.24) is 4.98 Å². The largest absolute Gasteiger partial charge is 0.478 e. The second kappa shape index (κ2) is 3.93. The SMILES string of the molecule is Cc1cnccc1C(=O)O.Cl. The molecule has 0 fully saturated rings. The predicted molar refractivity (Wildman–Crippen MR) is 43.2 cm³/mol. The third-order valence-electron chi connectivity index (χ3n) is 1.25. The number of hydrogen-bond donors (Lipinski definition) is 1. The van der Waals surface area contributed by atoms with Crippen LogP contribution in [0.15, 0.2) is 18.5 Å². The summed E-state index contributed by atoms with van der Waals surface area (Å²) >= 11 is 0. The maximum Gasteiger partial charge on any atom is 0.336 e. The molecule has 0 amide bonds. The van der Waals surface area contributed by atoms with Crippen LogP contribution in [0.4, 0.5) is 0 Å². The Morgan fingerprint density at radius 1 is 1.64 bits per heavy atom. The first kappa shape index (κ1) is 9.91. The molecule has 0 aliphatic heterocycles. The number of pyridine rings is 1. The summed E-state index contributed by atoms with van der Waals surface area (Å²) in [7, 11) is 0. The van der Waals surface area contributed by atoms with Gasteiger partial charge >= 0.3 is 5.97 Å². The molecule has 1 aromatic rings. The van der Waals surface area contributed by atoms with Crippen molar-refractivity contribution < 1.29 is 9.90 Å². The van der Waals surface area contributed by atoms with Crippen LogP contribution >= 0.6 is 12.4 Å². The molecule has 1 aromatic heterocycles. The molecule has 0 spiro atoms. The van der Waals surface area contributed by atoms with E-state index in [1.165, 1.54) is 18.5 Å². The molecule has 4 heteroatoms. The topological polar surface area (TPSA) is 50.2 Å². The second-order valence-electron chi connectivity index (χ2n) is 2.00. The summed E-state index contributed by atoms with van der Waals surface area (Å²) in [5, 5.41) is 8.54. The quantitative estimate of drug-likeness (QED) is 0.701. The third kappa shape index (κ3) is 2.20. The average molecular weight is 174 g/mol. The van der Waals surface area contributed by atoms with Gasteiger partial charge in [0.15, 0.2) is 0 Å². The van der Waals surface area contributed by atoms with Crippen LogP contribution in [0.5, 0.6) is 0 Å². The highest BCUT2D eigenvalue weighted by Crippen LogP contribution is 2.03. The van der Waals surface area contributed by atoms with Crippen molar-refractivity contribution in [3.8, 4) is 0 Å². The Morgan fingerprint density at radius 3 is 2.64 bits per heavy atom. The first-order valence-electron chi connectivity index (χ1n) is 2.85. The second-order valence-corrected chi connectivity index (χ2v) is 2.00. The van der Waals surface area contributed by atoms with E-state index < -0.39 is 5.97 Å². The van der Waals surface area contributed by atoms with Gasteiger partial charge in [0.2, 0.25) is 0 Å².